The maximum absolute atomic E-state index is 12.5. The number of hydrazone groups is 1. The van der Waals surface area contributed by atoms with Crippen LogP contribution in [0.4, 0.5) is 5.69 Å². The molecule has 4 N–H and O–H groups in total. The predicted octanol–water partition coefficient (Wildman–Crippen LogP) is 4.41. The topological polar surface area (TPSA) is 111 Å². The highest BCUT2D eigenvalue weighted by molar-refractivity contribution is 6.04. The van der Waals surface area contributed by atoms with Crippen LogP contribution in [0.1, 0.15) is 52.6 Å². The largest absolute Gasteiger partial charge is 0.504 e. The van der Waals surface area contributed by atoms with Crippen LogP contribution in [0.2, 0.25) is 0 Å². The molecular formula is C25H25N3O4. The third-order valence-corrected chi connectivity index (χ3v) is 4.80. The number of anilines is 1. The minimum absolute atomic E-state index is 0.0152. The fourth-order valence-electron chi connectivity index (χ4n) is 2.88. The van der Waals surface area contributed by atoms with Crippen molar-refractivity contribution >= 4 is 23.7 Å². The number of rotatable bonds is 5. The summed E-state index contributed by atoms with van der Waals surface area (Å²) in [6, 6.07) is 18.1. The van der Waals surface area contributed by atoms with E-state index in [-0.39, 0.29) is 22.8 Å². The Morgan fingerprint density at radius 1 is 0.812 bits per heavy atom. The van der Waals surface area contributed by atoms with E-state index >= 15 is 0 Å². The molecule has 3 aromatic rings. The van der Waals surface area contributed by atoms with Gasteiger partial charge in [-0.25, -0.2) is 5.43 Å². The summed E-state index contributed by atoms with van der Waals surface area (Å²) in [5.74, 6) is -1.17. The molecule has 0 fully saturated rings. The van der Waals surface area contributed by atoms with Gasteiger partial charge in [-0.15, -0.1) is 0 Å². The highest BCUT2D eigenvalue weighted by Crippen LogP contribution is 2.24. The summed E-state index contributed by atoms with van der Waals surface area (Å²) in [5, 5.41) is 25.4. The maximum Gasteiger partial charge on any atom is 0.271 e. The second kappa shape index (κ2) is 9.34. The van der Waals surface area contributed by atoms with Gasteiger partial charge in [0, 0.05) is 16.8 Å². The van der Waals surface area contributed by atoms with Crippen LogP contribution in [0.5, 0.6) is 11.5 Å². The van der Waals surface area contributed by atoms with E-state index in [4.69, 9.17) is 0 Å². The summed E-state index contributed by atoms with van der Waals surface area (Å²) in [5.41, 5.74) is 5.53. The SMILES string of the molecule is CC(C)(C)c1ccc(C(=O)Nc2ccc(C(=O)N/N=C/c3ccc(O)c(O)c3)cc2)cc1. The normalized spacial score (nSPS) is 11.3. The molecule has 0 heterocycles. The minimum Gasteiger partial charge on any atom is -0.504 e. The monoisotopic (exact) mass is 431 g/mol. The van der Waals surface area contributed by atoms with E-state index in [1.165, 1.54) is 18.3 Å². The second-order valence-electron chi connectivity index (χ2n) is 8.31. The van der Waals surface area contributed by atoms with Gasteiger partial charge in [0.15, 0.2) is 11.5 Å². The van der Waals surface area contributed by atoms with Gasteiger partial charge in [-0.05, 0) is 71.1 Å². The molecule has 0 aromatic heterocycles. The van der Waals surface area contributed by atoms with Crippen LogP contribution in [0, 0.1) is 0 Å². The third-order valence-electron chi connectivity index (χ3n) is 4.80. The van der Waals surface area contributed by atoms with Crippen LogP contribution >= 0.6 is 0 Å². The van der Waals surface area contributed by atoms with Gasteiger partial charge in [0.1, 0.15) is 0 Å². The van der Waals surface area contributed by atoms with Gasteiger partial charge in [0.05, 0.1) is 6.21 Å². The van der Waals surface area contributed by atoms with Crippen molar-refractivity contribution in [3.63, 3.8) is 0 Å². The lowest BCUT2D eigenvalue weighted by molar-refractivity contribution is 0.0954. The first-order valence-electron chi connectivity index (χ1n) is 10.0. The van der Waals surface area contributed by atoms with Crippen LogP contribution < -0.4 is 10.7 Å². The zero-order chi connectivity index (χ0) is 23.3. The molecule has 2 amide bonds. The predicted molar refractivity (Wildman–Crippen MR) is 124 cm³/mol. The van der Waals surface area contributed by atoms with Crippen molar-refractivity contribution in [3.8, 4) is 11.5 Å². The summed E-state index contributed by atoms with van der Waals surface area (Å²) < 4.78 is 0. The molecule has 0 spiro atoms. The lowest BCUT2D eigenvalue weighted by Crippen LogP contribution is -2.18. The third kappa shape index (κ3) is 5.72. The zero-order valence-electron chi connectivity index (χ0n) is 18.1. The number of phenolic OH excluding ortho intramolecular Hbond substituents is 2. The molecule has 0 saturated heterocycles. The first-order chi connectivity index (χ1) is 15.1. The first-order valence-corrected chi connectivity index (χ1v) is 10.0. The second-order valence-corrected chi connectivity index (χ2v) is 8.31. The Morgan fingerprint density at radius 3 is 2.00 bits per heavy atom. The van der Waals surface area contributed by atoms with E-state index in [0.29, 0.717) is 22.4 Å². The molecule has 0 aliphatic rings. The molecule has 3 aromatic carbocycles. The molecule has 7 nitrogen and oxygen atoms in total. The van der Waals surface area contributed by atoms with Gasteiger partial charge >= 0.3 is 0 Å². The summed E-state index contributed by atoms with van der Waals surface area (Å²) in [6.45, 7) is 6.34. The van der Waals surface area contributed by atoms with E-state index in [1.807, 2.05) is 12.1 Å². The van der Waals surface area contributed by atoms with E-state index in [0.717, 1.165) is 5.56 Å². The quantitative estimate of drug-likeness (QED) is 0.272. The minimum atomic E-state index is -0.431. The average molecular weight is 431 g/mol. The molecule has 0 aliphatic heterocycles. The van der Waals surface area contributed by atoms with Crippen molar-refractivity contribution in [3.05, 3.63) is 89.0 Å². The number of nitrogens with one attached hydrogen (secondary N) is 2. The van der Waals surface area contributed by atoms with Crippen molar-refractivity contribution in [1.29, 1.82) is 0 Å². The maximum atomic E-state index is 12.5. The number of hydrogen-bond acceptors (Lipinski definition) is 5. The molecule has 0 bridgehead atoms. The van der Waals surface area contributed by atoms with E-state index in [9.17, 15) is 19.8 Å². The summed E-state index contributed by atoms with van der Waals surface area (Å²) >= 11 is 0. The Kier molecular flexibility index (Phi) is 6.59. The number of amides is 2. The summed E-state index contributed by atoms with van der Waals surface area (Å²) in [4.78, 5) is 24.7. The Morgan fingerprint density at radius 2 is 1.41 bits per heavy atom. The van der Waals surface area contributed by atoms with Gasteiger partial charge in [-0.3, -0.25) is 9.59 Å². The van der Waals surface area contributed by atoms with Gasteiger partial charge in [0.25, 0.3) is 11.8 Å². The number of aromatic hydroxyl groups is 2. The van der Waals surface area contributed by atoms with Gasteiger partial charge in [-0.2, -0.15) is 5.10 Å². The molecule has 0 radical (unpaired) electrons. The van der Waals surface area contributed by atoms with E-state index in [2.05, 4.69) is 36.6 Å². The number of phenols is 2. The number of carbonyl (C=O) groups excluding carboxylic acids is 2. The number of hydrogen-bond donors (Lipinski definition) is 4. The molecule has 3 rings (SSSR count). The lowest BCUT2D eigenvalue weighted by atomic mass is 9.87. The number of carbonyl (C=O) groups is 2. The highest BCUT2D eigenvalue weighted by Gasteiger charge is 2.14. The fraction of sp³-hybridized carbons (Fsp3) is 0.160. The zero-order valence-corrected chi connectivity index (χ0v) is 18.1. The Hall–Kier alpha value is -4.13. The van der Waals surface area contributed by atoms with Crippen molar-refractivity contribution in [2.24, 2.45) is 5.10 Å². The number of nitrogens with zero attached hydrogens (tertiary/aromatic N) is 1. The van der Waals surface area contributed by atoms with Gasteiger partial charge in [-0.1, -0.05) is 32.9 Å². The Bertz CT molecular complexity index is 1150. The molecule has 32 heavy (non-hydrogen) atoms. The standard InChI is InChI=1S/C25H25N3O4/c1-25(2,3)19-9-5-17(6-10-19)23(31)27-20-11-7-18(8-12-20)24(32)28-26-15-16-4-13-21(29)22(30)14-16/h4-15,29-30H,1-3H3,(H,27,31)(H,28,32)/b26-15+. The molecule has 0 atom stereocenters. The van der Waals surface area contributed by atoms with Crippen LogP contribution in [0.25, 0.3) is 0 Å². The molecule has 0 aliphatic carbocycles. The first kappa shape index (κ1) is 22.6. The van der Waals surface area contributed by atoms with Gasteiger partial charge < -0.3 is 15.5 Å². The van der Waals surface area contributed by atoms with Gasteiger partial charge in [0.2, 0.25) is 0 Å². The highest BCUT2D eigenvalue weighted by atomic mass is 16.3. The average Bonchev–Trinajstić information content (AvgIpc) is 2.76. The van der Waals surface area contributed by atoms with Crippen LogP contribution in [-0.4, -0.2) is 28.2 Å². The Balaban J connectivity index is 1.58. The smallest absolute Gasteiger partial charge is 0.271 e. The summed E-state index contributed by atoms with van der Waals surface area (Å²) in [7, 11) is 0. The lowest BCUT2D eigenvalue weighted by Gasteiger charge is -2.19. The number of benzene rings is 3. The van der Waals surface area contributed by atoms with Crippen molar-refractivity contribution in [1.82, 2.24) is 5.43 Å². The molecule has 7 heteroatoms. The molecule has 0 saturated carbocycles. The van der Waals surface area contributed by atoms with Crippen LogP contribution in [0.15, 0.2) is 71.8 Å². The molecule has 0 unspecified atom stereocenters. The van der Waals surface area contributed by atoms with Crippen LogP contribution in [0.3, 0.4) is 0 Å². The van der Waals surface area contributed by atoms with Crippen molar-refractivity contribution < 1.29 is 19.8 Å². The van der Waals surface area contributed by atoms with E-state index in [1.54, 1.807) is 42.5 Å². The van der Waals surface area contributed by atoms with Crippen molar-refractivity contribution in [2.75, 3.05) is 5.32 Å². The van der Waals surface area contributed by atoms with Crippen molar-refractivity contribution in [2.45, 2.75) is 26.2 Å². The Labute approximate surface area is 186 Å². The molecule has 164 valence electrons. The van der Waals surface area contributed by atoms with Crippen LogP contribution in [-0.2, 0) is 5.41 Å². The van der Waals surface area contributed by atoms with E-state index < -0.39 is 5.91 Å². The molecular weight excluding hydrogens is 406 g/mol. The fourth-order valence-corrected chi connectivity index (χ4v) is 2.88. The summed E-state index contributed by atoms with van der Waals surface area (Å²) in [6.07, 6.45) is 1.34.